The van der Waals surface area contributed by atoms with Crippen LogP contribution < -0.4 is 15.4 Å². The van der Waals surface area contributed by atoms with Gasteiger partial charge in [-0.05, 0) is 52.8 Å². The van der Waals surface area contributed by atoms with Crippen molar-refractivity contribution in [1.82, 2.24) is 19.9 Å². The second-order valence-corrected chi connectivity index (χ2v) is 10.4. The number of ether oxygens (including phenoxy) is 2. The van der Waals surface area contributed by atoms with Gasteiger partial charge in [-0.25, -0.2) is 14.3 Å². The van der Waals surface area contributed by atoms with Crippen molar-refractivity contribution in [3.05, 3.63) is 52.3 Å². The number of fused-ring (bicyclic) bond motifs is 2. The zero-order valence-corrected chi connectivity index (χ0v) is 21.1. The summed E-state index contributed by atoms with van der Waals surface area (Å²) in [5.41, 5.74) is 1.08. The molecule has 4 rings (SSSR count). The molecule has 3 heterocycles. The molecule has 2 aromatic heterocycles. The number of benzene rings is 1. The summed E-state index contributed by atoms with van der Waals surface area (Å²) >= 11 is 6.43. The van der Waals surface area contributed by atoms with Crippen molar-refractivity contribution < 1.29 is 24.5 Å². The summed E-state index contributed by atoms with van der Waals surface area (Å²) in [6, 6.07) is 5.21. The minimum Gasteiger partial charge on any atom is -0.485 e. The molecule has 4 N–H and O–H groups in total. The van der Waals surface area contributed by atoms with Crippen LogP contribution in [0.2, 0.25) is 5.02 Å². The number of amides is 1. The number of nitrogens with one attached hydrogen (secondary N) is 2. The number of anilines is 1. The fourth-order valence-electron chi connectivity index (χ4n) is 4.06. The number of hydrogen-bond acceptors (Lipinski definition) is 8. The van der Waals surface area contributed by atoms with Crippen molar-refractivity contribution in [3.8, 4) is 5.75 Å². The molecule has 0 bridgehead atoms. The second kappa shape index (κ2) is 9.18. The smallest absolute Gasteiger partial charge is 0.407 e. The van der Waals surface area contributed by atoms with Gasteiger partial charge in [0, 0.05) is 28.8 Å². The van der Waals surface area contributed by atoms with Crippen molar-refractivity contribution >= 4 is 29.2 Å². The molecule has 11 heteroatoms. The number of halogens is 1. The summed E-state index contributed by atoms with van der Waals surface area (Å²) in [6.45, 7) is 9.58. The number of aliphatic hydroxyl groups is 2. The first-order valence-electron chi connectivity index (χ1n) is 11.3. The van der Waals surface area contributed by atoms with E-state index in [4.69, 9.17) is 21.1 Å². The van der Waals surface area contributed by atoms with E-state index in [2.05, 4.69) is 20.7 Å². The van der Waals surface area contributed by atoms with E-state index in [1.54, 1.807) is 12.3 Å². The number of carbonyl (C=O) groups is 1. The second-order valence-electron chi connectivity index (χ2n) is 9.99. The molecule has 1 aliphatic rings. The highest BCUT2D eigenvalue weighted by atomic mass is 35.5. The largest absolute Gasteiger partial charge is 0.485 e. The van der Waals surface area contributed by atoms with E-state index in [0.717, 1.165) is 11.1 Å². The number of alkyl carbamates (subject to hydrolysis) is 1. The summed E-state index contributed by atoms with van der Waals surface area (Å²) < 4.78 is 13.2. The number of aromatic nitrogens is 3. The predicted molar refractivity (Wildman–Crippen MR) is 131 cm³/mol. The number of hydrogen-bond donors (Lipinski definition) is 4. The summed E-state index contributed by atoms with van der Waals surface area (Å²) in [7, 11) is 0. The van der Waals surface area contributed by atoms with E-state index < -0.39 is 23.6 Å². The Bertz CT molecular complexity index is 1260. The van der Waals surface area contributed by atoms with E-state index in [1.165, 1.54) is 10.7 Å². The molecule has 10 nitrogen and oxygen atoms in total. The van der Waals surface area contributed by atoms with Gasteiger partial charge in [-0.15, -0.1) is 0 Å². The maximum absolute atomic E-state index is 12.1. The molecule has 1 amide bonds. The molecule has 0 saturated heterocycles. The van der Waals surface area contributed by atoms with Crippen LogP contribution in [0.3, 0.4) is 0 Å². The Kier molecular flexibility index (Phi) is 6.56. The van der Waals surface area contributed by atoms with E-state index in [0.29, 0.717) is 28.7 Å². The lowest BCUT2D eigenvalue weighted by Crippen LogP contribution is -2.45. The molecule has 0 saturated carbocycles. The summed E-state index contributed by atoms with van der Waals surface area (Å²) in [5.74, 6) is 1.23. The highest BCUT2D eigenvalue weighted by Crippen LogP contribution is 2.42. The monoisotopic (exact) mass is 503 g/mol. The Morgan fingerprint density at radius 1 is 1.34 bits per heavy atom. The first kappa shape index (κ1) is 25.0. The Balaban J connectivity index is 1.52. The molecule has 0 fully saturated rings. The number of carbonyl (C=O) groups excluding carboxylic acids is 1. The molecule has 35 heavy (non-hydrogen) atoms. The maximum Gasteiger partial charge on any atom is 0.407 e. The quantitative estimate of drug-likeness (QED) is 0.374. The van der Waals surface area contributed by atoms with Crippen LogP contribution >= 0.6 is 11.6 Å². The normalized spacial score (nSPS) is 18.3. The van der Waals surface area contributed by atoms with Gasteiger partial charge in [0.2, 0.25) is 0 Å². The zero-order valence-electron chi connectivity index (χ0n) is 20.3. The Morgan fingerprint density at radius 3 is 2.77 bits per heavy atom. The first-order valence-corrected chi connectivity index (χ1v) is 11.7. The Morgan fingerprint density at radius 2 is 2.09 bits per heavy atom. The molecule has 188 valence electrons. The molecule has 3 aromatic rings. The molecule has 1 unspecified atom stereocenters. The van der Waals surface area contributed by atoms with Gasteiger partial charge in [0.05, 0.1) is 24.3 Å². The average molecular weight is 504 g/mol. The van der Waals surface area contributed by atoms with Crippen LogP contribution in [0.5, 0.6) is 5.75 Å². The topological polar surface area (TPSA) is 130 Å². The molecule has 1 aliphatic heterocycles. The highest BCUT2D eigenvalue weighted by Gasteiger charge is 2.38. The lowest BCUT2D eigenvalue weighted by atomic mass is 9.97. The standard InChI is InChI=1S/C24H30ClN5O5/c1-13(28-18-6-7-30-20(29-18)17(11-27-30)21(31)32)16-9-15(25)8-14-10-24(5,34-19(14)16)12-26-22(33)35-23(2,3)4/h6-9,11,13,21,31-32H,10,12H2,1-5H3,(H,26,33)(H,28,29)/t13-,24?/m1/s1. The summed E-state index contributed by atoms with van der Waals surface area (Å²) in [5, 5.41) is 29.9. The maximum atomic E-state index is 12.1. The fraction of sp³-hybridized carbons (Fsp3) is 0.458. The molecule has 0 radical (unpaired) electrons. The molecular weight excluding hydrogens is 474 g/mol. The van der Waals surface area contributed by atoms with Crippen molar-refractivity contribution in [2.45, 2.75) is 64.6 Å². The van der Waals surface area contributed by atoms with Crippen molar-refractivity contribution in [3.63, 3.8) is 0 Å². The van der Waals surface area contributed by atoms with Gasteiger partial charge in [0.15, 0.2) is 11.9 Å². The molecule has 0 spiro atoms. The minimum absolute atomic E-state index is 0.210. The first-order chi connectivity index (χ1) is 16.3. The van der Waals surface area contributed by atoms with Crippen molar-refractivity contribution in [2.24, 2.45) is 0 Å². The third kappa shape index (κ3) is 5.61. The van der Waals surface area contributed by atoms with Gasteiger partial charge < -0.3 is 30.3 Å². The molecular formula is C24H30ClN5O5. The predicted octanol–water partition coefficient (Wildman–Crippen LogP) is 3.76. The van der Waals surface area contributed by atoms with Gasteiger partial charge in [-0.2, -0.15) is 5.10 Å². The summed E-state index contributed by atoms with van der Waals surface area (Å²) in [6.07, 6.45) is 1.44. The lowest BCUT2D eigenvalue weighted by molar-refractivity contribution is -0.0414. The lowest BCUT2D eigenvalue weighted by Gasteiger charge is -2.27. The Hall–Kier alpha value is -3.08. The van der Waals surface area contributed by atoms with Gasteiger partial charge in [0.25, 0.3) is 0 Å². The zero-order chi connectivity index (χ0) is 25.5. The van der Waals surface area contributed by atoms with Crippen LogP contribution in [0.25, 0.3) is 5.65 Å². The number of aliphatic hydroxyl groups excluding tert-OH is 1. The minimum atomic E-state index is -1.68. The van der Waals surface area contributed by atoms with E-state index in [1.807, 2.05) is 46.8 Å². The van der Waals surface area contributed by atoms with Gasteiger partial charge in [-0.3, -0.25) is 0 Å². The summed E-state index contributed by atoms with van der Waals surface area (Å²) in [4.78, 5) is 16.6. The SMILES string of the molecule is C[C@@H](Nc1ccn2ncc(C(O)O)c2n1)c1cc(Cl)cc2c1OC(C)(CNC(=O)OC(C)(C)C)C2. The molecule has 2 atom stereocenters. The van der Waals surface area contributed by atoms with Gasteiger partial charge in [0.1, 0.15) is 22.8 Å². The number of nitrogens with zero attached hydrogens (tertiary/aromatic N) is 3. The van der Waals surface area contributed by atoms with Crippen LogP contribution in [-0.4, -0.2) is 48.7 Å². The third-order valence-corrected chi connectivity index (χ3v) is 5.80. The average Bonchev–Trinajstić information content (AvgIpc) is 3.31. The van der Waals surface area contributed by atoms with E-state index >= 15 is 0 Å². The van der Waals surface area contributed by atoms with Gasteiger partial charge in [-0.1, -0.05) is 11.6 Å². The third-order valence-electron chi connectivity index (χ3n) is 5.58. The number of rotatable bonds is 6. The Labute approximate surface area is 208 Å². The van der Waals surface area contributed by atoms with Gasteiger partial charge >= 0.3 is 6.09 Å². The fourth-order valence-corrected chi connectivity index (χ4v) is 4.31. The van der Waals surface area contributed by atoms with Crippen LogP contribution in [-0.2, 0) is 11.2 Å². The van der Waals surface area contributed by atoms with Crippen LogP contribution in [0.1, 0.15) is 63.6 Å². The van der Waals surface area contributed by atoms with Crippen LogP contribution in [0.4, 0.5) is 10.6 Å². The molecule has 0 aliphatic carbocycles. The van der Waals surface area contributed by atoms with Crippen LogP contribution in [0.15, 0.2) is 30.6 Å². The van der Waals surface area contributed by atoms with Crippen LogP contribution in [0, 0.1) is 0 Å². The van der Waals surface area contributed by atoms with Crippen molar-refractivity contribution in [2.75, 3.05) is 11.9 Å². The van der Waals surface area contributed by atoms with Crippen molar-refractivity contribution in [1.29, 1.82) is 0 Å². The van der Waals surface area contributed by atoms with E-state index in [-0.39, 0.29) is 18.2 Å². The van der Waals surface area contributed by atoms with E-state index in [9.17, 15) is 15.0 Å². The highest BCUT2D eigenvalue weighted by molar-refractivity contribution is 6.30. The molecule has 1 aromatic carbocycles.